The van der Waals surface area contributed by atoms with E-state index in [9.17, 15) is 9.90 Å². The zero-order chi connectivity index (χ0) is 22.5. The number of likely N-dealkylation sites (N-methyl/N-ethyl adjacent to an activating group) is 1. The van der Waals surface area contributed by atoms with Crippen LogP contribution in [0.15, 0.2) is 24.3 Å². The summed E-state index contributed by atoms with van der Waals surface area (Å²) >= 11 is 0. The van der Waals surface area contributed by atoms with Gasteiger partial charge in [0.1, 0.15) is 5.75 Å². The third kappa shape index (κ3) is 5.14. The molecule has 1 aromatic carbocycles. The second-order valence-corrected chi connectivity index (χ2v) is 8.75. The second-order valence-electron chi connectivity index (χ2n) is 8.75. The Bertz CT molecular complexity index is 911. The van der Waals surface area contributed by atoms with Crippen LogP contribution < -0.4 is 5.32 Å². The van der Waals surface area contributed by atoms with Gasteiger partial charge >= 0.3 is 0 Å². The van der Waals surface area contributed by atoms with Gasteiger partial charge in [-0.3, -0.25) is 19.3 Å². The Labute approximate surface area is 190 Å². The third-order valence-electron chi connectivity index (χ3n) is 6.68. The van der Waals surface area contributed by atoms with E-state index >= 15 is 0 Å². The molecule has 1 atom stereocenters. The summed E-state index contributed by atoms with van der Waals surface area (Å²) in [7, 11) is 1.68. The smallest absolute Gasteiger partial charge is 0.272 e. The van der Waals surface area contributed by atoms with Gasteiger partial charge in [-0.05, 0) is 43.6 Å². The van der Waals surface area contributed by atoms with Gasteiger partial charge in [0.15, 0.2) is 5.69 Å². The molecule has 32 heavy (non-hydrogen) atoms. The number of carbonyl (C=O) groups is 1. The lowest BCUT2D eigenvalue weighted by Crippen LogP contribution is -2.40. The van der Waals surface area contributed by atoms with Crippen LogP contribution in [0.1, 0.15) is 47.1 Å². The van der Waals surface area contributed by atoms with Crippen LogP contribution in [0.5, 0.6) is 5.75 Å². The first-order valence-corrected chi connectivity index (χ1v) is 11.7. The molecule has 3 heterocycles. The zero-order valence-electron chi connectivity index (χ0n) is 19.2. The van der Waals surface area contributed by atoms with Crippen LogP contribution in [0.4, 0.5) is 0 Å². The summed E-state index contributed by atoms with van der Waals surface area (Å²) in [5.41, 5.74) is 3.87. The molecule has 8 nitrogen and oxygen atoms in total. The maximum atomic E-state index is 13.2. The number of phenolic OH excluding ortho intramolecular Hbond substituents is 1. The van der Waals surface area contributed by atoms with E-state index in [1.807, 2.05) is 16.8 Å². The first kappa shape index (κ1) is 22.8. The van der Waals surface area contributed by atoms with E-state index in [1.165, 1.54) is 6.42 Å². The summed E-state index contributed by atoms with van der Waals surface area (Å²) < 4.78 is 7.22. The Hall–Kier alpha value is -2.42. The van der Waals surface area contributed by atoms with Crippen molar-refractivity contribution in [2.24, 2.45) is 0 Å². The van der Waals surface area contributed by atoms with Crippen LogP contribution in [0.25, 0.3) is 0 Å². The van der Waals surface area contributed by atoms with Crippen molar-refractivity contribution in [3.05, 3.63) is 46.8 Å². The Morgan fingerprint density at radius 3 is 2.84 bits per heavy atom. The van der Waals surface area contributed by atoms with Gasteiger partial charge in [-0.25, -0.2) is 0 Å². The number of likely N-dealkylation sites (tertiary alicyclic amines) is 1. The monoisotopic (exact) mass is 441 g/mol. The molecule has 0 spiro atoms. The number of benzene rings is 1. The fourth-order valence-corrected chi connectivity index (χ4v) is 4.92. The number of amides is 1. The minimum Gasteiger partial charge on any atom is -0.508 e. The standard InChI is InChI=1S/C24H35N5O3/c1-3-28-11-4-5-19(28)15-25-24(31)23-21-17-27(16-18-6-8-20(30)9-7-18)12-10-22(21)29(26-23)13-14-32-2/h6-9,19,30H,3-5,10-17H2,1-2H3,(H,25,31). The number of phenols is 1. The molecule has 8 heteroatoms. The second kappa shape index (κ2) is 10.5. The van der Waals surface area contributed by atoms with Crippen molar-refractivity contribution in [1.82, 2.24) is 24.9 Å². The maximum Gasteiger partial charge on any atom is 0.272 e. The van der Waals surface area contributed by atoms with Crippen molar-refractivity contribution in [2.45, 2.75) is 51.9 Å². The van der Waals surface area contributed by atoms with Crippen LogP contribution in [-0.2, 0) is 30.8 Å². The Morgan fingerprint density at radius 1 is 1.28 bits per heavy atom. The fourth-order valence-electron chi connectivity index (χ4n) is 4.92. The highest BCUT2D eigenvalue weighted by Gasteiger charge is 2.29. The van der Waals surface area contributed by atoms with Gasteiger partial charge in [-0.2, -0.15) is 5.10 Å². The van der Waals surface area contributed by atoms with Crippen molar-refractivity contribution in [3.63, 3.8) is 0 Å². The largest absolute Gasteiger partial charge is 0.508 e. The zero-order valence-corrected chi connectivity index (χ0v) is 19.2. The average molecular weight is 442 g/mol. The highest BCUT2D eigenvalue weighted by molar-refractivity contribution is 5.94. The fraction of sp³-hybridized carbons (Fsp3) is 0.583. The first-order chi connectivity index (χ1) is 15.6. The highest BCUT2D eigenvalue weighted by atomic mass is 16.5. The first-order valence-electron chi connectivity index (χ1n) is 11.7. The van der Waals surface area contributed by atoms with E-state index in [-0.39, 0.29) is 11.7 Å². The predicted molar refractivity (Wildman–Crippen MR) is 123 cm³/mol. The lowest BCUT2D eigenvalue weighted by Gasteiger charge is -2.28. The Balaban J connectivity index is 1.48. The number of nitrogens with one attached hydrogen (secondary N) is 1. The number of methoxy groups -OCH3 is 1. The van der Waals surface area contributed by atoms with Gasteiger partial charge in [-0.15, -0.1) is 0 Å². The molecule has 2 aliphatic rings. The summed E-state index contributed by atoms with van der Waals surface area (Å²) in [6.45, 7) is 8.57. The molecule has 1 fully saturated rings. The van der Waals surface area contributed by atoms with Gasteiger partial charge in [0.25, 0.3) is 5.91 Å². The minimum absolute atomic E-state index is 0.0770. The molecule has 1 aromatic heterocycles. The van der Waals surface area contributed by atoms with E-state index in [0.29, 0.717) is 38.0 Å². The van der Waals surface area contributed by atoms with Crippen molar-refractivity contribution in [1.29, 1.82) is 0 Å². The van der Waals surface area contributed by atoms with E-state index in [4.69, 9.17) is 9.84 Å². The number of ether oxygens (including phenoxy) is 1. The molecular weight excluding hydrogens is 406 g/mol. The molecule has 0 radical (unpaired) electrons. The van der Waals surface area contributed by atoms with E-state index in [2.05, 4.69) is 22.0 Å². The SMILES string of the molecule is CCN1CCCC1CNC(=O)c1nn(CCOC)c2c1CN(Cc1ccc(O)cc1)CC2. The molecule has 1 saturated heterocycles. The maximum absolute atomic E-state index is 13.2. The Kier molecular flexibility index (Phi) is 7.44. The van der Waals surface area contributed by atoms with Crippen molar-refractivity contribution in [2.75, 3.05) is 39.9 Å². The normalized spacial score (nSPS) is 19.2. The number of fused-ring (bicyclic) bond motifs is 1. The van der Waals surface area contributed by atoms with Crippen LogP contribution in [-0.4, -0.2) is 76.5 Å². The van der Waals surface area contributed by atoms with E-state index < -0.39 is 0 Å². The highest BCUT2D eigenvalue weighted by Crippen LogP contribution is 2.25. The minimum atomic E-state index is -0.0770. The van der Waals surface area contributed by atoms with Gasteiger partial charge in [0.2, 0.25) is 0 Å². The summed E-state index contributed by atoms with van der Waals surface area (Å²) in [5.74, 6) is 0.198. The topological polar surface area (TPSA) is 82.9 Å². The van der Waals surface area contributed by atoms with Crippen LogP contribution >= 0.6 is 0 Å². The Morgan fingerprint density at radius 2 is 2.09 bits per heavy atom. The molecule has 1 unspecified atom stereocenters. The quantitative estimate of drug-likeness (QED) is 0.620. The third-order valence-corrected chi connectivity index (χ3v) is 6.68. The lowest BCUT2D eigenvalue weighted by molar-refractivity contribution is 0.0932. The summed E-state index contributed by atoms with van der Waals surface area (Å²) in [6, 6.07) is 7.74. The van der Waals surface area contributed by atoms with Crippen LogP contribution in [0.2, 0.25) is 0 Å². The summed E-state index contributed by atoms with van der Waals surface area (Å²) in [5, 5.41) is 17.4. The number of aromatic hydroxyl groups is 1. The molecule has 174 valence electrons. The number of rotatable bonds is 9. The molecule has 0 bridgehead atoms. The molecule has 0 aliphatic carbocycles. The molecule has 2 aliphatic heterocycles. The summed E-state index contributed by atoms with van der Waals surface area (Å²) in [4.78, 5) is 17.9. The molecule has 2 N–H and O–H groups in total. The number of hydrogen-bond donors (Lipinski definition) is 2. The van der Waals surface area contributed by atoms with Gasteiger partial charge < -0.3 is 15.2 Å². The summed E-state index contributed by atoms with van der Waals surface area (Å²) in [6.07, 6.45) is 3.18. The lowest BCUT2D eigenvalue weighted by atomic mass is 10.0. The molecule has 0 saturated carbocycles. The number of nitrogens with zero attached hydrogens (tertiary/aromatic N) is 4. The van der Waals surface area contributed by atoms with E-state index in [1.54, 1.807) is 19.2 Å². The van der Waals surface area contributed by atoms with Crippen molar-refractivity contribution < 1.29 is 14.6 Å². The molecule has 4 rings (SSSR count). The molecule has 2 aromatic rings. The number of aromatic nitrogens is 2. The van der Waals surface area contributed by atoms with Crippen LogP contribution in [0.3, 0.4) is 0 Å². The average Bonchev–Trinajstić information content (AvgIpc) is 3.41. The predicted octanol–water partition coefficient (Wildman–Crippen LogP) is 2.01. The van der Waals surface area contributed by atoms with Gasteiger partial charge in [0.05, 0.1) is 13.2 Å². The number of carbonyl (C=O) groups excluding carboxylic acids is 1. The van der Waals surface area contributed by atoms with Gasteiger partial charge in [0, 0.05) is 57.0 Å². The van der Waals surface area contributed by atoms with Crippen molar-refractivity contribution in [3.8, 4) is 5.75 Å². The number of hydrogen-bond acceptors (Lipinski definition) is 6. The molecule has 1 amide bonds. The van der Waals surface area contributed by atoms with Gasteiger partial charge in [-0.1, -0.05) is 19.1 Å². The van der Waals surface area contributed by atoms with Crippen molar-refractivity contribution >= 4 is 5.91 Å². The molecular formula is C24H35N5O3. The van der Waals surface area contributed by atoms with Crippen LogP contribution in [0, 0.1) is 0 Å². The van der Waals surface area contributed by atoms with E-state index in [0.717, 1.165) is 55.8 Å².